The Morgan fingerprint density at radius 2 is 2.14 bits per heavy atom. The van der Waals surface area contributed by atoms with Crippen LogP contribution in [0.2, 0.25) is 0 Å². The SMILES string of the molecule is [CH2-]C(=O)NCC1CNCC12NC(=O)NC2=O.[CH2-]CCCC.[Y+3]. The fraction of sp³-hybridized carbons (Fsp3) is 0.643. The molecule has 4 N–H and O–H groups in total. The van der Waals surface area contributed by atoms with Crippen LogP contribution in [-0.2, 0) is 42.3 Å². The van der Waals surface area contributed by atoms with Crippen molar-refractivity contribution in [2.45, 2.75) is 31.7 Å². The van der Waals surface area contributed by atoms with Crippen molar-refractivity contribution >= 4 is 17.8 Å². The van der Waals surface area contributed by atoms with Crippen LogP contribution in [-0.4, -0.2) is 43.0 Å². The molecule has 2 aliphatic heterocycles. The molecule has 2 rings (SSSR count). The van der Waals surface area contributed by atoms with Gasteiger partial charge < -0.3 is 34.6 Å². The second-order valence-corrected chi connectivity index (χ2v) is 5.22. The first-order chi connectivity index (χ1) is 9.96. The van der Waals surface area contributed by atoms with E-state index in [1.54, 1.807) is 0 Å². The molecule has 8 heteroatoms. The van der Waals surface area contributed by atoms with Gasteiger partial charge in [0.1, 0.15) is 5.54 Å². The van der Waals surface area contributed by atoms with Gasteiger partial charge in [0.15, 0.2) is 0 Å². The van der Waals surface area contributed by atoms with Crippen LogP contribution < -0.4 is 21.3 Å². The first-order valence-corrected chi connectivity index (χ1v) is 7.19. The second-order valence-electron chi connectivity index (χ2n) is 5.22. The van der Waals surface area contributed by atoms with Crippen molar-refractivity contribution in [3.63, 3.8) is 0 Å². The first-order valence-electron chi connectivity index (χ1n) is 7.19. The van der Waals surface area contributed by atoms with Gasteiger partial charge in [-0.2, -0.15) is 6.42 Å². The molecule has 22 heavy (non-hydrogen) atoms. The first kappa shape index (κ1) is 21.3. The third-order valence-corrected chi connectivity index (χ3v) is 3.61. The Kier molecular flexibility index (Phi) is 9.88. The van der Waals surface area contributed by atoms with E-state index in [1.807, 2.05) is 0 Å². The van der Waals surface area contributed by atoms with Crippen LogP contribution in [0.1, 0.15) is 26.2 Å². The summed E-state index contributed by atoms with van der Waals surface area (Å²) in [5.74, 6) is -0.901. The van der Waals surface area contributed by atoms with Crippen molar-refractivity contribution < 1.29 is 47.1 Å². The monoisotopic (exact) mass is 385 g/mol. The summed E-state index contributed by atoms with van der Waals surface area (Å²) in [6, 6.07) is -0.486. The van der Waals surface area contributed by atoms with Crippen molar-refractivity contribution in [2.24, 2.45) is 5.92 Å². The van der Waals surface area contributed by atoms with E-state index in [9.17, 15) is 14.4 Å². The summed E-state index contributed by atoms with van der Waals surface area (Å²) in [5.41, 5.74) is -0.931. The zero-order valence-corrected chi connectivity index (χ0v) is 15.9. The van der Waals surface area contributed by atoms with Crippen LogP contribution in [0, 0.1) is 19.8 Å². The topological polar surface area (TPSA) is 99.3 Å². The van der Waals surface area contributed by atoms with Gasteiger partial charge in [0.25, 0.3) is 5.91 Å². The molecule has 0 bridgehead atoms. The Morgan fingerprint density at radius 3 is 2.55 bits per heavy atom. The van der Waals surface area contributed by atoms with Gasteiger partial charge in [0.2, 0.25) is 0 Å². The number of urea groups is 1. The summed E-state index contributed by atoms with van der Waals surface area (Å²) >= 11 is 0. The molecule has 0 aromatic heterocycles. The summed E-state index contributed by atoms with van der Waals surface area (Å²) in [6.45, 7) is 10.3. The molecule has 2 unspecified atom stereocenters. The molecular formula is C14H24N4O3Y+. The molecule has 4 amide bonds. The Balaban J connectivity index is 0.000000644. The predicted octanol–water partition coefficient (Wildman–Crippen LogP) is -0.258. The van der Waals surface area contributed by atoms with E-state index in [2.05, 4.69) is 42.0 Å². The zero-order chi connectivity index (χ0) is 15.9. The van der Waals surface area contributed by atoms with Crippen molar-refractivity contribution in [3.8, 4) is 0 Å². The summed E-state index contributed by atoms with van der Waals surface area (Å²) in [4.78, 5) is 33.5. The quantitative estimate of drug-likeness (QED) is 0.396. The maximum absolute atomic E-state index is 11.7. The van der Waals surface area contributed by atoms with E-state index in [1.165, 1.54) is 12.8 Å². The number of carbonyl (C=O) groups excluding carboxylic acids is 3. The number of rotatable bonds is 4. The van der Waals surface area contributed by atoms with Crippen LogP contribution >= 0.6 is 0 Å². The van der Waals surface area contributed by atoms with E-state index in [-0.39, 0.29) is 44.5 Å². The number of imide groups is 1. The number of unbranched alkanes of at least 4 members (excludes halogenated alkanes) is 2. The normalized spacial score (nSPS) is 25.6. The molecule has 0 saturated carbocycles. The van der Waals surface area contributed by atoms with Crippen LogP contribution in [0.5, 0.6) is 0 Å². The molecule has 2 atom stereocenters. The maximum Gasteiger partial charge on any atom is 3.00 e. The number of hydrogen-bond donors (Lipinski definition) is 4. The minimum absolute atomic E-state index is 0. The number of amides is 4. The smallest absolute Gasteiger partial charge is 0.381 e. The van der Waals surface area contributed by atoms with E-state index in [4.69, 9.17) is 0 Å². The Bertz CT molecular complexity index is 404. The minimum atomic E-state index is -0.931. The summed E-state index contributed by atoms with van der Waals surface area (Å²) < 4.78 is 0. The molecular weight excluding hydrogens is 361 g/mol. The molecule has 0 aromatic carbocycles. The summed E-state index contributed by atoms with van der Waals surface area (Å²) in [7, 11) is 0. The van der Waals surface area contributed by atoms with Gasteiger partial charge in [-0.3, -0.25) is 10.1 Å². The largest absolute Gasteiger partial charge is 3.00 e. The molecule has 7 nitrogen and oxygen atoms in total. The predicted molar refractivity (Wildman–Crippen MR) is 79.0 cm³/mol. The molecule has 120 valence electrons. The van der Waals surface area contributed by atoms with Gasteiger partial charge in [-0.15, -0.1) is 0 Å². The fourth-order valence-electron chi connectivity index (χ4n) is 2.41. The van der Waals surface area contributed by atoms with Crippen molar-refractivity contribution in [1.29, 1.82) is 0 Å². The number of carbonyl (C=O) groups is 3. The van der Waals surface area contributed by atoms with E-state index in [0.29, 0.717) is 19.6 Å². The third-order valence-electron chi connectivity index (χ3n) is 3.61. The van der Waals surface area contributed by atoms with Crippen LogP contribution in [0.15, 0.2) is 0 Å². The van der Waals surface area contributed by atoms with Gasteiger partial charge in [0.05, 0.1) is 5.91 Å². The Hall–Kier alpha value is -0.656. The van der Waals surface area contributed by atoms with E-state index < -0.39 is 17.5 Å². The maximum atomic E-state index is 11.7. The molecule has 2 aliphatic rings. The zero-order valence-electron chi connectivity index (χ0n) is 13.0. The van der Waals surface area contributed by atoms with Crippen molar-refractivity contribution in [2.75, 3.05) is 19.6 Å². The van der Waals surface area contributed by atoms with Gasteiger partial charge >= 0.3 is 38.7 Å². The average Bonchev–Trinajstić information content (AvgIpc) is 2.94. The second kappa shape index (κ2) is 10.2. The van der Waals surface area contributed by atoms with Crippen LogP contribution in [0.3, 0.4) is 0 Å². The average molecular weight is 385 g/mol. The molecule has 2 saturated heterocycles. The molecule has 2 heterocycles. The number of hydrogen-bond acceptors (Lipinski definition) is 4. The standard InChI is InChI=1S/C9H13N4O3.C5H11.Y/c1-5(14)11-3-6-2-10-4-9(6)7(15)12-8(16)13-9;1-3-5-4-2;/h6,10H,1-4H2,(H,11,14)(H2,12,13,15,16);1,3-5H2,2H3;/q2*-1;+3. The molecule has 2 fully saturated rings. The molecule has 0 aliphatic carbocycles. The van der Waals surface area contributed by atoms with Gasteiger partial charge in [-0.1, -0.05) is 19.8 Å². The van der Waals surface area contributed by atoms with E-state index >= 15 is 0 Å². The van der Waals surface area contributed by atoms with Crippen molar-refractivity contribution in [1.82, 2.24) is 21.3 Å². The fourth-order valence-corrected chi connectivity index (χ4v) is 2.41. The molecule has 0 radical (unpaired) electrons. The van der Waals surface area contributed by atoms with Gasteiger partial charge in [-0.05, 0) is 0 Å². The molecule has 0 aromatic rings. The minimum Gasteiger partial charge on any atom is -0.381 e. The van der Waals surface area contributed by atoms with Crippen molar-refractivity contribution in [3.05, 3.63) is 13.8 Å². The summed E-state index contributed by atoms with van der Waals surface area (Å²) in [6.07, 6.45) is 3.65. The van der Waals surface area contributed by atoms with Gasteiger partial charge in [0, 0.05) is 25.6 Å². The van der Waals surface area contributed by atoms with E-state index in [0.717, 1.165) is 6.42 Å². The van der Waals surface area contributed by atoms with Crippen LogP contribution in [0.25, 0.3) is 0 Å². The Labute approximate surface area is 157 Å². The number of nitrogens with one attached hydrogen (secondary N) is 4. The van der Waals surface area contributed by atoms with Gasteiger partial charge in [-0.25, -0.2) is 4.79 Å². The van der Waals surface area contributed by atoms with Crippen LogP contribution in [0.4, 0.5) is 4.79 Å². The molecule has 1 spiro atoms. The Morgan fingerprint density at radius 1 is 1.45 bits per heavy atom. The summed E-state index contributed by atoms with van der Waals surface area (Å²) in [5, 5.41) is 10.4. The third kappa shape index (κ3) is 5.52.